The normalized spacial score (nSPS) is 25.9. The molecule has 3 aliphatic rings. The van der Waals surface area contributed by atoms with E-state index in [1.54, 1.807) is 37.3 Å². The minimum absolute atomic E-state index is 0.00440. The number of hydrogen-bond acceptors (Lipinski definition) is 7. The highest BCUT2D eigenvalue weighted by Gasteiger charge is 2.32. The van der Waals surface area contributed by atoms with Gasteiger partial charge < -0.3 is 29.3 Å². The Hall–Kier alpha value is -2.69. The van der Waals surface area contributed by atoms with Crippen LogP contribution >= 0.6 is 0 Å². The monoisotopic (exact) mass is 516 g/mol. The zero-order chi connectivity index (χ0) is 26.5. The van der Waals surface area contributed by atoms with Crippen LogP contribution in [0.5, 0.6) is 5.75 Å². The van der Waals surface area contributed by atoms with Crippen LogP contribution in [0.15, 0.2) is 18.2 Å². The summed E-state index contributed by atoms with van der Waals surface area (Å²) >= 11 is 0. The first-order chi connectivity index (χ1) is 17.8. The predicted molar refractivity (Wildman–Crippen MR) is 139 cm³/mol. The van der Waals surface area contributed by atoms with Gasteiger partial charge in [0.15, 0.2) is 0 Å². The highest BCUT2D eigenvalue weighted by atomic mass is 16.5. The molecule has 0 aromatic heterocycles. The fraction of sp³-hybridized carbons (Fsp3) is 0.667. The van der Waals surface area contributed by atoms with Crippen LogP contribution < -0.4 is 10.1 Å². The third kappa shape index (κ3) is 7.00. The smallest absolute Gasteiger partial charge is 0.257 e. The number of ether oxygens (including phenoxy) is 3. The van der Waals surface area contributed by atoms with Crippen LogP contribution in [0.1, 0.15) is 37.0 Å². The second-order valence-electron chi connectivity index (χ2n) is 10.5. The fourth-order valence-electron chi connectivity index (χ4n) is 4.83. The van der Waals surface area contributed by atoms with Gasteiger partial charge in [0.05, 0.1) is 37.5 Å². The zero-order valence-electron chi connectivity index (χ0n) is 22.4. The van der Waals surface area contributed by atoms with Gasteiger partial charge in [0.2, 0.25) is 11.8 Å². The Kier molecular flexibility index (Phi) is 9.04. The fourth-order valence-corrected chi connectivity index (χ4v) is 4.83. The third-order valence-corrected chi connectivity index (χ3v) is 7.45. The molecule has 1 N–H and O–H groups in total. The largest absolute Gasteiger partial charge is 0.491 e. The summed E-state index contributed by atoms with van der Waals surface area (Å²) in [5.41, 5.74) is 1.00. The topological polar surface area (TPSA) is 101 Å². The van der Waals surface area contributed by atoms with E-state index in [1.165, 1.54) is 0 Å². The summed E-state index contributed by atoms with van der Waals surface area (Å²) in [7, 11) is 3.38. The van der Waals surface area contributed by atoms with Gasteiger partial charge in [-0.05, 0) is 31.9 Å². The number of benzene rings is 1. The number of nitrogens with zero attached hydrogens (tertiary/aromatic N) is 3. The first kappa shape index (κ1) is 27.3. The highest BCUT2D eigenvalue weighted by molar-refractivity contribution is 5.99. The lowest BCUT2D eigenvalue weighted by Crippen LogP contribution is -2.52. The Morgan fingerprint density at radius 2 is 1.86 bits per heavy atom. The maximum Gasteiger partial charge on any atom is 0.257 e. The molecule has 0 radical (unpaired) electrons. The summed E-state index contributed by atoms with van der Waals surface area (Å²) in [6.45, 7) is 8.12. The SMILES string of the molecule is CO[C@H]1CN(C)C(=O)c2ccc(NC(=O)C3CC3)cc2OC[C@@H](C)N(C(=O)CN2CCOCC2)C[C@H]1C. The second kappa shape index (κ2) is 12.2. The van der Waals surface area contributed by atoms with Crippen LogP contribution in [-0.4, -0.2) is 111 Å². The summed E-state index contributed by atoms with van der Waals surface area (Å²) in [6, 6.07) is 4.90. The van der Waals surface area contributed by atoms with E-state index in [0.29, 0.717) is 49.8 Å². The van der Waals surface area contributed by atoms with Crippen LogP contribution in [0.3, 0.4) is 0 Å². The molecule has 0 unspecified atom stereocenters. The maximum atomic E-state index is 13.5. The molecule has 1 saturated heterocycles. The minimum atomic E-state index is -0.249. The van der Waals surface area contributed by atoms with Crippen molar-refractivity contribution in [3.05, 3.63) is 23.8 Å². The number of morpholine rings is 1. The number of nitrogens with one attached hydrogen (secondary N) is 1. The summed E-state index contributed by atoms with van der Waals surface area (Å²) in [4.78, 5) is 44.8. The molecular weight excluding hydrogens is 476 g/mol. The van der Waals surface area contributed by atoms with Crippen molar-refractivity contribution in [1.29, 1.82) is 0 Å². The van der Waals surface area contributed by atoms with E-state index in [4.69, 9.17) is 14.2 Å². The Morgan fingerprint density at radius 1 is 1.14 bits per heavy atom. The van der Waals surface area contributed by atoms with E-state index in [-0.39, 0.29) is 48.3 Å². The number of rotatable bonds is 5. The van der Waals surface area contributed by atoms with Crippen molar-refractivity contribution in [2.45, 2.75) is 38.8 Å². The van der Waals surface area contributed by atoms with Crippen molar-refractivity contribution < 1.29 is 28.6 Å². The van der Waals surface area contributed by atoms with Gasteiger partial charge in [-0.1, -0.05) is 6.92 Å². The molecule has 10 heteroatoms. The maximum absolute atomic E-state index is 13.5. The number of anilines is 1. The summed E-state index contributed by atoms with van der Waals surface area (Å²) < 4.78 is 17.4. The molecule has 0 bridgehead atoms. The number of hydrogen-bond donors (Lipinski definition) is 1. The molecule has 3 atom stereocenters. The molecule has 2 heterocycles. The third-order valence-electron chi connectivity index (χ3n) is 7.45. The molecule has 1 aromatic rings. The molecule has 2 fully saturated rings. The average molecular weight is 517 g/mol. The minimum Gasteiger partial charge on any atom is -0.491 e. The quantitative estimate of drug-likeness (QED) is 0.636. The van der Waals surface area contributed by atoms with Crippen molar-refractivity contribution >= 4 is 23.4 Å². The van der Waals surface area contributed by atoms with E-state index in [0.717, 1.165) is 25.9 Å². The summed E-state index contributed by atoms with van der Waals surface area (Å²) in [5, 5.41) is 2.93. The predicted octanol–water partition coefficient (Wildman–Crippen LogP) is 1.70. The molecule has 3 amide bonds. The Bertz CT molecular complexity index is 978. The number of likely N-dealkylation sites (N-methyl/N-ethyl adjacent to an activating group) is 1. The summed E-state index contributed by atoms with van der Waals surface area (Å²) in [6.07, 6.45) is 1.56. The van der Waals surface area contributed by atoms with Gasteiger partial charge in [-0.15, -0.1) is 0 Å². The Balaban J connectivity index is 1.58. The van der Waals surface area contributed by atoms with Gasteiger partial charge in [0.1, 0.15) is 12.4 Å². The standard InChI is InChI=1S/C27H40N4O6/c1-18-14-31(25(32)16-30-9-11-36-12-10-30)19(2)17-37-23-13-21(28-26(33)20-5-6-20)7-8-22(23)27(34)29(3)15-24(18)35-4/h7-8,13,18-20,24H,5-6,9-12,14-17H2,1-4H3,(H,28,33)/t18-,19-,24+/m1/s1. The van der Waals surface area contributed by atoms with Gasteiger partial charge in [-0.25, -0.2) is 0 Å². The van der Waals surface area contributed by atoms with Crippen molar-refractivity contribution in [2.24, 2.45) is 11.8 Å². The van der Waals surface area contributed by atoms with Crippen molar-refractivity contribution in [3.8, 4) is 5.75 Å². The molecule has 0 spiro atoms. The van der Waals surface area contributed by atoms with Gasteiger partial charge in [0, 0.05) is 63.9 Å². The van der Waals surface area contributed by atoms with Gasteiger partial charge in [0.25, 0.3) is 5.91 Å². The number of methoxy groups -OCH3 is 1. The molecule has 204 valence electrons. The van der Waals surface area contributed by atoms with E-state index in [1.807, 2.05) is 18.7 Å². The van der Waals surface area contributed by atoms with Crippen LogP contribution in [0, 0.1) is 11.8 Å². The zero-order valence-corrected chi connectivity index (χ0v) is 22.4. The van der Waals surface area contributed by atoms with Crippen molar-refractivity contribution in [1.82, 2.24) is 14.7 Å². The molecule has 10 nitrogen and oxygen atoms in total. The molecule has 1 aromatic carbocycles. The highest BCUT2D eigenvalue weighted by Crippen LogP contribution is 2.32. The average Bonchev–Trinajstić information content (AvgIpc) is 3.74. The van der Waals surface area contributed by atoms with Gasteiger partial charge >= 0.3 is 0 Å². The first-order valence-corrected chi connectivity index (χ1v) is 13.2. The van der Waals surface area contributed by atoms with Crippen LogP contribution in [0.25, 0.3) is 0 Å². The molecule has 37 heavy (non-hydrogen) atoms. The molecule has 1 saturated carbocycles. The number of carbonyl (C=O) groups excluding carboxylic acids is 3. The Morgan fingerprint density at radius 3 is 2.54 bits per heavy atom. The van der Waals surface area contributed by atoms with E-state index in [9.17, 15) is 14.4 Å². The lowest BCUT2D eigenvalue weighted by atomic mass is 10.0. The van der Waals surface area contributed by atoms with E-state index < -0.39 is 0 Å². The van der Waals surface area contributed by atoms with Crippen molar-refractivity contribution in [2.75, 3.05) is 72.0 Å². The van der Waals surface area contributed by atoms with Crippen LogP contribution in [0.4, 0.5) is 5.69 Å². The molecular formula is C27H40N4O6. The number of amides is 3. The van der Waals surface area contributed by atoms with Gasteiger partial charge in [-0.3, -0.25) is 19.3 Å². The van der Waals surface area contributed by atoms with E-state index >= 15 is 0 Å². The number of carbonyl (C=O) groups is 3. The molecule has 2 aliphatic heterocycles. The van der Waals surface area contributed by atoms with Crippen LogP contribution in [0.2, 0.25) is 0 Å². The van der Waals surface area contributed by atoms with Gasteiger partial charge in [-0.2, -0.15) is 0 Å². The lowest BCUT2D eigenvalue weighted by molar-refractivity contribution is -0.137. The van der Waals surface area contributed by atoms with Crippen molar-refractivity contribution in [3.63, 3.8) is 0 Å². The van der Waals surface area contributed by atoms with Crippen LogP contribution in [-0.2, 0) is 19.1 Å². The Labute approximate surface area is 219 Å². The first-order valence-electron chi connectivity index (χ1n) is 13.2. The van der Waals surface area contributed by atoms with E-state index in [2.05, 4.69) is 10.2 Å². The second-order valence-corrected chi connectivity index (χ2v) is 10.5. The molecule has 1 aliphatic carbocycles. The number of fused-ring (bicyclic) bond motifs is 1. The lowest BCUT2D eigenvalue weighted by Gasteiger charge is -2.37. The molecule has 4 rings (SSSR count). The summed E-state index contributed by atoms with van der Waals surface area (Å²) in [5.74, 6) is 0.288.